The van der Waals surface area contributed by atoms with E-state index in [0.29, 0.717) is 0 Å². The van der Waals surface area contributed by atoms with Crippen molar-refractivity contribution in [3.63, 3.8) is 0 Å². The zero-order valence-electron chi connectivity index (χ0n) is 8.77. The SMILES string of the molecule is CCN(CCBr)C1CCCCCC1. The van der Waals surface area contributed by atoms with Crippen molar-refractivity contribution in [2.24, 2.45) is 0 Å². The first kappa shape index (κ1) is 11.5. The molecule has 0 unspecified atom stereocenters. The molecule has 0 heterocycles. The summed E-state index contributed by atoms with van der Waals surface area (Å²) >= 11 is 3.54. The Labute approximate surface area is 91.0 Å². The van der Waals surface area contributed by atoms with Crippen molar-refractivity contribution in [2.45, 2.75) is 51.5 Å². The van der Waals surface area contributed by atoms with Gasteiger partial charge in [0.05, 0.1) is 0 Å². The lowest BCUT2D eigenvalue weighted by Crippen LogP contribution is -2.36. The molecule has 1 rings (SSSR count). The van der Waals surface area contributed by atoms with Crippen molar-refractivity contribution in [2.75, 3.05) is 18.4 Å². The minimum absolute atomic E-state index is 0.880. The highest BCUT2D eigenvalue weighted by Gasteiger charge is 2.17. The Kier molecular flexibility index (Phi) is 6.05. The van der Waals surface area contributed by atoms with E-state index in [0.717, 1.165) is 11.4 Å². The summed E-state index contributed by atoms with van der Waals surface area (Å²) in [5, 5.41) is 1.12. The van der Waals surface area contributed by atoms with Gasteiger partial charge in [-0.25, -0.2) is 0 Å². The highest BCUT2D eigenvalue weighted by atomic mass is 79.9. The molecule has 1 aliphatic carbocycles. The van der Waals surface area contributed by atoms with Gasteiger partial charge < -0.3 is 0 Å². The lowest BCUT2D eigenvalue weighted by atomic mass is 10.1. The molecule has 0 N–H and O–H groups in total. The summed E-state index contributed by atoms with van der Waals surface area (Å²) in [7, 11) is 0. The Morgan fingerprint density at radius 3 is 2.23 bits per heavy atom. The molecule has 0 radical (unpaired) electrons. The normalized spacial score (nSPS) is 20.5. The van der Waals surface area contributed by atoms with E-state index in [2.05, 4.69) is 27.8 Å². The summed E-state index contributed by atoms with van der Waals surface area (Å²) in [6.45, 7) is 4.73. The average molecular weight is 248 g/mol. The molecular formula is C11H22BrN. The number of hydrogen-bond donors (Lipinski definition) is 0. The number of rotatable bonds is 4. The van der Waals surface area contributed by atoms with Gasteiger partial charge in [-0.05, 0) is 19.4 Å². The second kappa shape index (κ2) is 6.83. The molecule has 1 saturated carbocycles. The van der Waals surface area contributed by atoms with E-state index in [4.69, 9.17) is 0 Å². The third-order valence-electron chi connectivity index (χ3n) is 3.12. The summed E-state index contributed by atoms with van der Waals surface area (Å²) in [5.74, 6) is 0. The van der Waals surface area contributed by atoms with Crippen LogP contribution in [0.2, 0.25) is 0 Å². The molecule has 0 aromatic rings. The summed E-state index contributed by atoms with van der Waals surface area (Å²) in [6, 6.07) is 0.880. The van der Waals surface area contributed by atoms with Gasteiger partial charge in [0.1, 0.15) is 0 Å². The summed E-state index contributed by atoms with van der Waals surface area (Å²) in [5.41, 5.74) is 0. The zero-order chi connectivity index (χ0) is 9.52. The third kappa shape index (κ3) is 3.99. The van der Waals surface area contributed by atoms with Crippen molar-refractivity contribution in [1.29, 1.82) is 0 Å². The Balaban J connectivity index is 2.35. The Bertz CT molecular complexity index is 119. The maximum atomic E-state index is 3.54. The fourth-order valence-electron chi connectivity index (χ4n) is 2.33. The van der Waals surface area contributed by atoms with Crippen LogP contribution in [0.4, 0.5) is 0 Å². The van der Waals surface area contributed by atoms with Crippen LogP contribution in [-0.4, -0.2) is 29.4 Å². The zero-order valence-corrected chi connectivity index (χ0v) is 10.4. The summed E-state index contributed by atoms with van der Waals surface area (Å²) in [4.78, 5) is 2.64. The fraction of sp³-hybridized carbons (Fsp3) is 1.00. The second-order valence-corrected chi connectivity index (χ2v) is 4.76. The van der Waals surface area contributed by atoms with Crippen LogP contribution in [0.5, 0.6) is 0 Å². The van der Waals surface area contributed by atoms with E-state index in [-0.39, 0.29) is 0 Å². The molecule has 78 valence electrons. The highest BCUT2D eigenvalue weighted by Crippen LogP contribution is 2.21. The maximum Gasteiger partial charge on any atom is 0.0159 e. The van der Waals surface area contributed by atoms with Gasteiger partial charge in [-0.15, -0.1) is 0 Å². The number of hydrogen-bond acceptors (Lipinski definition) is 1. The highest BCUT2D eigenvalue weighted by molar-refractivity contribution is 9.09. The number of halogens is 1. The summed E-state index contributed by atoms with van der Waals surface area (Å²) < 4.78 is 0. The molecule has 0 spiro atoms. The van der Waals surface area contributed by atoms with Gasteiger partial charge >= 0.3 is 0 Å². The first-order valence-corrected chi connectivity index (χ1v) is 6.80. The van der Waals surface area contributed by atoms with Gasteiger partial charge in [0, 0.05) is 17.9 Å². The van der Waals surface area contributed by atoms with E-state index < -0.39 is 0 Å². The van der Waals surface area contributed by atoms with Crippen LogP contribution in [0, 0.1) is 0 Å². The van der Waals surface area contributed by atoms with E-state index in [9.17, 15) is 0 Å². The predicted octanol–water partition coefficient (Wildman–Crippen LogP) is 3.43. The molecule has 1 fully saturated rings. The molecule has 0 amide bonds. The van der Waals surface area contributed by atoms with Gasteiger partial charge in [-0.3, -0.25) is 4.90 Å². The van der Waals surface area contributed by atoms with E-state index >= 15 is 0 Å². The van der Waals surface area contributed by atoms with Crippen molar-refractivity contribution in [3.8, 4) is 0 Å². The number of alkyl halides is 1. The van der Waals surface area contributed by atoms with Crippen LogP contribution in [0.1, 0.15) is 45.4 Å². The van der Waals surface area contributed by atoms with Gasteiger partial charge in [0.2, 0.25) is 0 Å². The minimum Gasteiger partial charge on any atom is -0.300 e. The lowest BCUT2D eigenvalue weighted by Gasteiger charge is -2.29. The molecule has 0 bridgehead atoms. The van der Waals surface area contributed by atoms with Gasteiger partial charge in [-0.2, -0.15) is 0 Å². The van der Waals surface area contributed by atoms with Gasteiger partial charge in [0.25, 0.3) is 0 Å². The van der Waals surface area contributed by atoms with Crippen LogP contribution in [0.25, 0.3) is 0 Å². The maximum absolute atomic E-state index is 3.54. The van der Waals surface area contributed by atoms with Gasteiger partial charge in [-0.1, -0.05) is 48.5 Å². The van der Waals surface area contributed by atoms with Crippen LogP contribution in [0.3, 0.4) is 0 Å². The monoisotopic (exact) mass is 247 g/mol. The molecule has 0 aromatic carbocycles. The molecular weight excluding hydrogens is 226 g/mol. The Morgan fingerprint density at radius 2 is 1.77 bits per heavy atom. The van der Waals surface area contributed by atoms with Gasteiger partial charge in [0.15, 0.2) is 0 Å². The topological polar surface area (TPSA) is 3.24 Å². The van der Waals surface area contributed by atoms with E-state index in [1.165, 1.54) is 51.6 Å². The average Bonchev–Trinajstić information content (AvgIpc) is 2.42. The molecule has 0 saturated heterocycles. The van der Waals surface area contributed by atoms with Crippen LogP contribution in [0.15, 0.2) is 0 Å². The predicted molar refractivity (Wildman–Crippen MR) is 62.5 cm³/mol. The van der Waals surface area contributed by atoms with Crippen LogP contribution in [-0.2, 0) is 0 Å². The van der Waals surface area contributed by atoms with Crippen LogP contribution < -0.4 is 0 Å². The molecule has 2 heteroatoms. The molecule has 1 aliphatic rings. The van der Waals surface area contributed by atoms with Crippen molar-refractivity contribution in [3.05, 3.63) is 0 Å². The Hall–Kier alpha value is 0.440. The Morgan fingerprint density at radius 1 is 1.15 bits per heavy atom. The summed E-state index contributed by atoms with van der Waals surface area (Å²) in [6.07, 6.45) is 8.68. The molecule has 0 aromatic heterocycles. The van der Waals surface area contributed by atoms with Crippen molar-refractivity contribution < 1.29 is 0 Å². The third-order valence-corrected chi connectivity index (χ3v) is 3.47. The van der Waals surface area contributed by atoms with E-state index in [1.807, 2.05) is 0 Å². The van der Waals surface area contributed by atoms with Crippen LogP contribution >= 0.6 is 15.9 Å². The fourth-order valence-corrected chi connectivity index (χ4v) is 2.79. The second-order valence-electron chi connectivity index (χ2n) is 3.96. The molecule has 13 heavy (non-hydrogen) atoms. The van der Waals surface area contributed by atoms with Crippen molar-refractivity contribution >= 4 is 15.9 Å². The molecule has 0 atom stereocenters. The quantitative estimate of drug-likeness (QED) is 0.544. The van der Waals surface area contributed by atoms with Crippen molar-refractivity contribution in [1.82, 2.24) is 4.90 Å². The first-order chi connectivity index (χ1) is 6.38. The molecule has 0 aliphatic heterocycles. The number of nitrogens with zero attached hydrogens (tertiary/aromatic N) is 1. The lowest BCUT2D eigenvalue weighted by molar-refractivity contribution is 0.200. The molecule has 1 nitrogen and oxygen atoms in total. The smallest absolute Gasteiger partial charge is 0.0159 e. The minimum atomic E-state index is 0.880. The van der Waals surface area contributed by atoms with E-state index in [1.54, 1.807) is 0 Å². The standard InChI is InChI=1S/C11H22BrN/c1-2-13(10-9-12)11-7-5-3-4-6-8-11/h11H,2-10H2,1H3. The first-order valence-electron chi connectivity index (χ1n) is 5.68. The largest absolute Gasteiger partial charge is 0.300 e.